The molecule has 0 spiro atoms. The molecule has 11 nitrogen and oxygen atoms in total. The van der Waals surface area contributed by atoms with Crippen LogP contribution in [0.3, 0.4) is 0 Å². The number of nitrogens with one attached hydrogen (secondary N) is 1. The smallest absolute Gasteiger partial charge is 0.251 e. The van der Waals surface area contributed by atoms with Gasteiger partial charge in [-0.15, -0.1) is 5.10 Å². The molecule has 7 rings (SSSR count). The molecular formula is C31H30FN7O4. The highest BCUT2D eigenvalue weighted by Gasteiger charge is 2.49. The van der Waals surface area contributed by atoms with Crippen LogP contribution in [0.4, 0.5) is 4.39 Å². The van der Waals surface area contributed by atoms with Crippen molar-refractivity contribution in [2.75, 3.05) is 20.3 Å². The molecule has 12 heteroatoms. The molecule has 2 N–H and O–H groups in total. The second-order valence-electron chi connectivity index (χ2n) is 11.5. The number of aromatic nitrogens is 6. The average molecular weight is 584 g/mol. The number of aryl methyl sites for hydroxylation is 1. The molecule has 1 aliphatic heterocycles. The van der Waals surface area contributed by atoms with Gasteiger partial charge in [0.2, 0.25) is 0 Å². The van der Waals surface area contributed by atoms with Crippen molar-refractivity contribution in [2.45, 2.75) is 30.9 Å². The number of carbonyl (C=O) groups excluding carboxylic acids is 1. The number of halogens is 1. The number of aliphatic hydroxyl groups is 1. The first kappa shape index (κ1) is 27.0. The van der Waals surface area contributed by atoms with Crippen molar-refractivity contribution in [3.8, 4) is 22.8 Å². The highest BCUT2D eigenvalue weighted by Crippen LogP contribution is 2.50. The normalized spacial score (nSPS) is 19.1. The number of ether oxygens (including phenoxy) is 2. The molecule has 43 heavy (non-hydrogen) atoms. The van der Waals surface area contributed by atoms with Gasteiger partial charge in [-0.25, -0.2) is 14.1 Å². The first-order chi connectivity index (χ1) is 20.7. The molecule has 5 aromatic rings. The maximum atomic E-state index is 13.9. The second-order valence-corrected chi connectivity index (χ2v) is 11.5. The Balaban J connectivity index is 1.29. The third kappa shape index (κ3) is 4.49. The van der Waals surface area contributed by atoms with Gasteiger partial charge in [0.25, 0.3) is 5.91 Å². The van der Waals surface area contributed by atoms with Gasteiger partial charge in [0.05, 0.1) is 25.5 Å². The second kappa shape index (κ2) is 9.87. The first-order valence-corrected chi connectivity index (χ1v) is 14.0. The Morgan fingerprint density at radius 2 is 2.05 bits per heavy atom. The van der Waals surface area contributed by atoms with E-state index in [0.29, 0.717) is 39.5 Å². The molecule has 2 aliphatic rings. The van der Waals surface area contributed by atoms with E-state index in [9.17, 15) is 14.3 Å². The van der Waals surface area contributed by atoms with Gasteiger partial charge in [-0.05, 0) is 68.1 Å². The zero-order valence-corrected chi connectivity index (χ0v) is 23.9. The van der Waals surface area contributed by atoms with Crippen LogP contribution in [-0.2, 0) is 18.2 Å². The summed E-state index contributed by atoms with van der Waals surface area (Å²) in [7, 11) is 3.34. The summed E-state index contributed by atoms with van der Waals surface area (Å²) in [6, 6.07) is 11.2. The Labute approximate surface area is 246 Å². The Morgan fingerprint density at radius 1 is 1.26 bits per heavy atom. The molecule has 4 heterocycles. The van der Waals surface area contributed by atoms with E-state index in [2.05, 4.69) is 20.7 Å². The molecule has 0 radical (unpaired) electrons. The molecule has 1 amide bonds. The van der Waals surface area contributed by atoms with E-state index in [1.807, 2.05) is 19.2 Å². The summed E-state index contributed by atoms with van der Waals surface area (Å²) in [5, 5.41) is 28.6. The van der Waals surface area contributed by atoms with Gasteiger partial charge < -0.3 is 19.9 Å². The van der Waals surface area contributed by atoms with Crippen LogP contribution >= 0.6 is 0 Å². The summed E-state index contributed by atoms with van der Waals surface area (Å²) in [4.78, 5) is 18.4. The lowest BCUT2D eigenvalue weighted by Gasteiger charge is -2.30. The molecule has 1 saturated carbocycles. The predicted molar refractivity (Wildman–Crippen MR) is 154 cm³/mol. The Kier molecular flexibility index (Phi) is 6.20. The van der Waals surface area contributed by atoms with E-state index in [4.69, 9.17) is 14.5 Å². The van der Waals surface area contributed by atoms with E-state index in [0.717, 1.165) is 23.8 Å². The van der Waals surface area contributed by atoms with Gasteiger partial charge in [0, 0.05) is 41.5 Å². The number of benzene rings is 2. The Bertz CT molecular complexity index is 1850. The van der Waals surface area contributed by atoms with Gasteiger partial charge in [-0.1, -0.05) is 5.21 Å². The van der Waals surface area contributed by atoms with Crippen LogP contribution in [0.5, 0.6) is 11.5 Å². The van der Waals surface area contributed by atoms with Crippen LogP contribution in [0.25, 0.3) is 22.2 Å². The molecule has 2 aromatic carbocycles. The van der Waals surface area contributed by atoms with Crippen LogP contribution in [0, 0.1) is 11.7 Å². The van der Waals surface area contributed by atoms with Crippen LogP contribution in [0.2, 0.25) is 0 Å². The fourth-order valence-corrected chi connectivity index (χ4v) is 5.89. The van der Waals surface area contributed by atoms with Crippen LogP contribution in [0.1, 0.15) is 41.4 Å². The van der Waals surface area contributed by atoms with Crippen molar-refractivity contribution in [1.29, 1.82) is 0 Å². The summed E-state index contributed by atoms with van der Waals surface area (Å²) in [5.41, 5.74) is 1.11. The maximum absolute atomic E-state index is 13.9. The van der Waals surface area contributed by atoms with Crippen molar-refractivity contribution in [3.63, 3.8) is 0 Å². The minimum absolute atomic E-state index is 0.0700. The number of methoxy groups -OCH3 is 1. The minimum atomic E-state index is -1.48. The molecule has 3 aromatic heterocycles. The third-order valence-electron chi connectivity index (χ3n) is 8.48. The number of nitrogens with zero attached hydrogens (tertiary/aromatic N) is 6. The summed E-state index contributed by atoms with van der Waals surface area (Å²) >= 11 is 0. The number of pyridine rings is 1. The topological polar surface area (TPSA) is 129 Å². The fraction of sp³-hybridized carbons (Fsp3) is 0.323. The molecule has 1 unspecified atom stereocenters. The maximum Gasteiger partial charge on any atom is 0.251 e. The standard InChI is InChI=1S/C31H30FN7O4/c1-30(39-11-10-34-37-39)17-43-28-23(30)14-25(35-27(28)18-4-8-22(32)9-5-18)31(41,21-6-7-21)16-33-29(40)19-12-20-15-38(2)36-26(20)24(13-19)42-3/h4-5,8-15,21,41H,6-7,16-17H2,1-3H3,(H,33,40)/t30-,31?/m0/s1. The lowest BCUT2D eigenvalue weighted by Crippen LogP contribution is -2.43. The minimum Gasteiger partial charge on any atom is -0.494 e. The lowest BCUT2D eigenvalue weighted by atomic mass is 9.87. The van der Waals surface area contributed by atoms with Gasteiger partial charge >= 0.3 is 0 Å². The van der Waals surface area contributed by atoms with Crippen molar-refractivity contribution in [1.82, 2.24) is 35.1 Å². The number of rotatable bonds is 8. The number of hydrogen-bond acceptors (Lipinski definition) is 8. The predicted octanol–water partition coefficient (Wildman–Crippen LogP) is 3.56. The molecule has 0 bridgehead atoms. The van der Waals surface area contributed by atoms with Crippen LogP contribution in [0.15, 0.2) is 61.1 Å². The molecule has 2 atom stereocenters. The van der Waals surface area contributed by atoms with E-state index in [1.54, 1.807) is 53.1 Å². The van der Waals surface area contributed by atoms with Gasteiger partial charge in [0.1, 0.15) is 40.5 Å². The number of fused-ring (bicyclic) bond motifs is 2. The van der Waals surface area contributed by atoms with Gasteiger partial charge in [-0.2, -0.15) is 5.10 Å². The molecule has 220 valence electrons. The highest BCUT2D eigenvalue weighted by molar-refractivity contribution is 5.99. The summed E-state index contributed by atoms with van der Waals surface area (Å²) in [6.45, 7) is 2.17. The first-order valence-electron chi connectivity index (χ1n) is 14.0. The largest absolute Gasteiger partial charge is 0.494 e. The SMILES string of the molecule is COc1cc(C(=O)NCC(O)(c2cc3c(c(-c4ccc(F)cc4)n2)OC[C@]3(C)n2ccnn2)C2CC2)cc2cn(C)nc12. The quantitative estimate of drug-likeness (QED) is 0.284. The third-order valence-corrected chi connectivity index (χ3v) is 8.48. The summed E-state index contributed by atoms with van der Waals surface area (Å²) in [6.07, 6.45) is 6.73. The summed E-state index contributed by atoms with van der Waals surface area (Å²) in [5.74, 6) is 0.168. The van der Waals surface area contributed by atoms with Gasteiger partial charge in [-0.3, -0.25) is 9.48 Å². The van der Waals surface area contributed by atoms with E-state index in [-0.39, 0.29) is 30.8 Å². The van der Waals surface area contributed by atoms with Crippen molar-refractivity contribution < 1.29 is 23.8 Å². The fourth-order valence-electron chi connectivity index (χ4n) is 5.89. The molecule has 1 aliphatic carbocycles. The lowest BCUT2D eigenvalue weighted by molar-refractivity contribution is 0.00945. The summed E-state index contributed by atoms with van der Waals surface area (Å²) < 4.78 is 28.9. The van der Waals surface area contributed by atoms with E-state index in [1.165, 1.54) is 19.2 Å². The van der Waals surface area contributed by atoms with Gasteiger partial charge in [0.15, 0.2) is 5.75 Å². The average Bonchev–Trinajstić information content (AvgIpc) is 3.41. The van der Waals surface area contributed by atoms with Crippen LogP contribution < -0.4 is 14.8 Å². The Hall–Kier alpha value is -4.84. The number of hydrogen-bond donors (Lipinski definition) is 2. The monoisotopic (exact) mass is 583 g/mol. The zero-order chi connectivity index (χ0) is 29.9. The van der Waals surface area contributed by atoms with Crippen molar-refractivity contribution in [3.05, 3.63) is 83.7 Å². The van der Waals surface area contributed by atoms with Crippen molar-refractivity contribution >= 4 is 16.8 Å². The zero-order valence-electron chi connectivity index (χ0n) is 23.9. The number of amides is 1. The Morgan fingerprint density at radius 3 is 2.74 bits per heavy atom. The molecule has 1 fully saturated rings. The highest BCUT2D eigenvalue weighted by atomic mass is 19.1. The van der Waals surface area contributed by atoms with E-state index >= 15 is 0 Å². The van der Waals surface area contributed by atoms with Crippen molar-refractivity contribution in [2.24, 2.45) is 13.0 Å². The van der Waals surface area contributed by atoms with E-state index < -0.39 is 11.1 Å². The molecular weight excluding hydrogens is 553 g/mol. The van der Waals surface area contributed by atoms with Crippen LogP contribution in [-0.4, -0.2) is 61.0 Å². The number of carbonyl (C=O) groups is 1. The molecule has 0 saturated heterocycles.